The Morgan fingerprint density at radius 2 is 2.08 bits per heavy atom. The van der Waals surface area contributed by atoms with Gasteiger partial charge in [-0.15, -0.1) is 0 Å². The first kappa shape index (κ1) is 17.0. The van der Waals surface area contributed by atoms with E-state index in [2.05, 4.69) is 10.2 Å². The number of rotatable bonds is 4. The number of hydrogen-bond donors (Lipinski definition) is 1. The molecular formula is C18H26FN3O2. The maximum absolute atomic E-state index is 14.0. The first-order valence-corrected chi connectivity index (χ1v) is 8.78. The van der Waals surface area contributed by atoms with Gasteiger partial charge in [0.25, 0.3) is 0 Å². The highest BCUT2D eigenvalue weighted by atomic mass is 19.1. The van der Waals surface area contributed by atoms with Crippen molar-refractivity contribution in [3.8, 4) is 5.75 Å². The monoisotopic (exact) mass is 335 g/mol. The van der Waals surface area contributed by atoms with Crippen LogP contribution in [0.3, 0.4) is 0 Å². The summed E-state index contributed by atoms with van der Waals surface area (Å²) in [6, 6.07) is 4.27. The van der Waals surface area contributed by atoms with Crippen LogP contribution in [0.25, 0.3) is 0 Å². The van der Waals surface area contributed by atoms with E-state index in [-0.39, 0.29) is 11.7 Å². The molecule has 2 amide bonds. The molecule has 0 unspecified atom stereocenters. The molecule has 6 heteroatoms. The smallest absolute Gasteiger partial charge is 0.322 e. The molecule has 0 saturated carbocycles. The number of urea groups is 1. The molecule has 24 heavy (non-hydrogen) atoms. The molecule has 2 fully saturated rings. The number of carbonyl (C=O) groups is 1. The highest BCUT2D eigenvalue weighted by Gasteiger charge is 2.28. The number of anilines is 1. The largest absolute Gasteiger partial charge is 0.494 e. The van der Waals surface area contributed by atoms with Crippen molar-refractivity contribution < 1.29 is 13.9 Å². The fourth-order valence-electron chi connectivity index (χ4n) is 3.66. The minimum Gasteiger partial charge on any atom is -0.494 e. The maximum atomic E-state index is 14.0. The summed E-state index contributed by atoms with van der Waals surface area (Å²) in [7, 11) is 1.47. The van der Waals surface area contributed by atoms with Crippen molar-refractivity contribution in [2.24, 2.45) is 5.92 Å². The molecule has 0 aliphatic carbocycles. The number of para-hydroxylation sites is 1. The lowest BCUT2D eigenvalue weighted by Crippen LogP contribution is -2.37. The van der Waals surface area contributed by atoms with Gasteiger partial charge in [-0.2, -0.15) is 0 Å². The SMILES string of the molecule is COc1cccc(F)c1NC(=O)N1CC[C@H](CN2CCCCC2)C1. The molecule has 132 valence electrons. The topological polar surface area (TPSA) is 44.8 Å². The van der Waals surface area contributed by atoms with Crippen molar-refractivity contribution in [1.29, 1.82) is 0 Å². The standard InChI is InChI=1S/C18H26FN3O2/c1-24-16-7-5-6-15(19)17(16)20-18(23)22-11-8-14(13-22)12-21-9-3-2-4-10-21/h5-7,14H,2-4,8-13H2,1H3,(H,20,23)/t14-/m1/s1. The number of amides is 2. The molecule has 2 aliphatic heterocycles. The number of piperidine rings is 1. The van der Waals surface area contributed by atoms with Crippen LogP contribution in [-0.4, -0.2) is 55.7 Å². The van der Waals surface area contributed by atoms with Crippen LogP contribution in [0.15, 0.2) is 18.2 Å². The molecule has 0 radical (unpaired) electrons. The number of benzene rings is 1. The minimum absolute atomic E-state index is 0.115. The average Bonchev–Trinajstić information content (AvgIpc) is 3.06. The van der Waals surface area contributed by atoms with Crippen LogP contribution in [0.4, 0.5) is 14.9 Å². The number of nitrogens with one attached hydrogen (secondary N) is 1. The molecule has 0 bridgehead atoms. The second kappa shape index (κ2) is 7.83. The molecule has 0 aromatic heterocycles. The highest BCUT2D eigenvalue weighted by molar-refractivity contribution is 5.91. The summed E-state index contributed by atoms with van der Waals surface area (Å²) in [6.45, 7) is 4.87. The second-order valence-electron chi connectivity index (χ2n) is 6.71. The van der Waals surface area contributed by atoms with Crippen LogP contribution < -0.4 is 10.1 Å². The van der Waals surface area contributed by atoms with E-state index in [0.717, 1.165) is 26.1 Å². The number of methoxy groups -OCH3 is 1. The van der Waals surface area contributed by atoms with Gasteiger partial charge in [0, 0.05) is 19.6 Å². The summed E-state index contributed by atoms with van der Waals surface area (Å²) in [6.07, 6.45) is 4.91. The van der Waals surface area contributed by atoms with E-state index in [1.54, 1.807) is 17.0 Å². The maximum Gasteiger partial charge on any atom is 0.322 e. The summed E-state index contributed by atoms with van der Waals surface area (Å²) in [5.41, 5.74) is 0.115. The third-order valence-corrected chi connectivity index (χ3v) is 4.97. The Labute approximate surface area is 142 Å². The summed E-state index contributed by atoms with van der Waals surface area (Å²) in [5.74, 6) is 0.371. The number of carbonyl (C=O) groups excluding carboxylic acids is 1. The Bertz CT molecular complexity index is 575. The van der Waals surface area contributed by atoms with Gasteiger partial charge in [-0.05, 0) is 50.4 Å². The van der Waals surface area contributed by atoms with Crippen molar-refractivity contribution in [1.82, 2.24) is 9.80 Å². The van der Waals surface area contributed by atoms with Gasteiger partial charge in [-0.1, -0.05) is 12.5 Å². The molecule has 2 aliphatic rings. The normalized spacial score (nSPS) is 21.8. The second-order valence-corrected chi connectivity index (χ2v) is 6.71. The number of likely N-dealkylation sites (tertiary alicyclic amines) is 2. The lowest BCUT2D eigenvalue weighted by molar-refractivity contribution is 0.192. The number of nitrogens with zero attached hydrogens (tertiary/aromatic N) is 2. The fourth-order valence-corrected chi connectivity index (χ4v) is 3.66. The average molecular weight is 335 g/mol. The van der Waals surface area contributed by atoms with Gasteiger partial charge in [0.15, 0.2) is 5.82 Å². The molecule has 0 spiro atoms. The van der Waals surface area contributed by atoms with Crippen LogP contribution in [0.5, 0.6) is 5.75 Å². The highest BCUT2D eigenvalue weighted by Crippen LogP contribution is 2.28. The first-order valence-electron chi connectivity index (χ1n) is 8.78. The Morgan fingerprint density at radius 3 is 2.83 bits per heavy atom. The van der Waals surface area contributed by atoms with Gasteiger partial charge >= 0.3 is 6.03 Å². The van der Waals surface area contributed by atoms with E-state index in [1.807, 2.05) is 0 Å². The Hall–Kier alpha value is -1.82. The number of halogens is 1. The molecule has 1 aromatic carbocycles. The lowest BCUT2D eigenvalue weighted by Gasteiger charge is -2.29. The predicted octanol–water partition coefficient (Wildman–Crippen LogP) is 3.17. The van der Waals surface area contributed by atoms with Gasteiger partial charge in [0.2, 0.25) is 0 Å². The van der Waals surface area contributed by atoms with Gasteiger partial charge in [0.1, 0.15) is 11.4 Å². The van der Waals surface area contributed by atoms with Crippen molar-refractivity contribution in [2.75, 3.05) is 45.2 Å². The molecule has 1 N–H and O–H groups in total. The summed E-state index contributed by atoms with van der Waals surface area (Å²) in [5, 5.41) is 2.67. The summed E-state index contributed by atoms with van der Waals surface area (Å²) < 4.78 is 19.1. The van der Waals surface area contributed by atoms with Gasteiger partial charge < -0.3 is 19.9 Å². The Morgan fingerprint density at radius 1 is 1.29 bits per heavy atom. The minimum atomic E-state index is -0.480. The predicted molar refractivity (Wildman–Crippen MR) is 91.9 cm³/mol. The van der Waals surface area contributed by atoms with E-state index in [4.69, 9.17) is 4.74 Å². The van der Waals surface area contributed by atoms with E-state index in [9.17, 15) is 9.18 Å². The Balaban J connectivity index is 1.55. The lowest BCUT2D eigenvalue weighted by atomic mass is 10.1. The molecule has 3 rings (SSSR count). The third kappa shape index (κ3) is 3.98. The Kier molecular flexibility index (Phi) is 5.56. The van der Waals surface area contributed by atoms with Crippen LogP contribution >= 0.6 is 0 Å². The van der Waals surface area contributed by atoms with Crippen molar-refractivity contribution in [3.05, 3.63) is 24.0 Å². The number of hydrogen-bond acceptors (Lipinski definition) is 3. The van der Waals surface area contributed by atoms with E-state index in [1.165, 1.54) is 45.5 Å². The van der Waals surface area contributed by atoms with Crippen LogP contribution in [0.1, 0.15) is 25.7 Å². The summed E-state index contributed by atoms with van der Waals surface area (Å²) in [4.78, 5) is 16.7. The zero-order valence-electron chi connectivity index (χ0n) is 14.3. The van der Waals surface area contributed by atoms with Crippen LogP contribution in [0, 0.1) is 11.7 Å². The number of ether oxygens (including phenoxy) is 1. The molecule has 1 aromatic rings. The van der Waals surface area contributed by atoms with E-state index >= 15 is 0 Å². The summed E-state index contributed by atoms with van der Waals surface area (Å²) >= 11 is 0. The van der Waals surface area contributed by atoms with E-state index in [0.29, 0.717) is 11.7 Å². The first-order chi connectivity index (χ1) is 11.7. The zero-order chi connectivity index (χ0) is 16.9. The van der Waals surface area contributed by atoms with Gasteiger partial charge in [0.05, 0.1) is 7.11 Å². The molecule has 2 saturated heterocycles. The van der Waals surface area contributed by atoms with E-state index < -0.39 is 5.82 Å². The molecule has 2 heterocycles. The molecular weight excluding hydrogens is 309 g/mol. The quantitative estimate of drug-likeness (QED) is 0.919. The van der Waals surface area contributed by atoms with Crippen molar-refractivity contribution >= 4 is 11.7 Å². The molecule has 5 nitrogen and oxygen atoms in total. The van der Waals surface area contributed by atoms with Gasteiger partial charge in [-0.3, -0.25) is 0 Å². The zero-order valence-corrected chi connectivity index (χ0v) is 14.3. The van der Waals surface area contributed by atoms with Gasteiger partial charge in [-0.25, -0.2) is 9.18 Å². The fraction of sp³-hybridized carbons (Fsp3) is 0.611. The van der Waals surface area contributed by atoms with Crippen molar-refractivity contribution in [2.45, 2.75) is 25.7 Å². The molecule has 1 atom stereocenters. The third-order valence-electron chi connectivity index (χ3n) is 4.97. The van der Waals surface area contributed by atoms with Crippen molar-refractivity contribution in [3.63, 3.8) is 0 Å². The van der Waals surface area contributed by atoms with Crippen LogP contribution in [-0.2, 0) is 0 Å². The van der Waals surface area contributed by atoms with Crippen LogP contribution in [0.2, 0.25) is 0 Å².